The molecule has 2 rings (SSSR count). The Labute approximate surface area is 121 Å². The summed E-state index contributed by atoms with van der Waals surface area (Å²) in [6.07, 6.45) is 2.40. The molecule has 0 unspecified atom stereocenters. The predicted octanol–water partition coefficient (Wildman–Crippen LogP) is 1.12. The van der Waals surface area contributed by atoms with Crippen LogP contribution in [0.1, 0.15) is 11.4 Å². The minimum absolute atomic E-state index is 0.0981. The van der Waals surface area contributed by atoms with Gasteiger partial charge in [-0.2, -0.15) is 10.1 Å². The van der Waals surface area contributed by atoms with Gasteiger partial charge >= 0.3 is 5.69 Å². The summed E-state index contributed by atoms with van der Waals surface area (Å²) in [6, 6.07) is 1.90. The molecule has 2 aromatic rings. The molecule has 21 heavy (non-hydrogen) atoms. The molecule has 0 saturated carbocycles. The molecule has 0 aliphatic carbocycles. The van der Waals surface area contributed by atoms with Gasteiger partial charge in [-0.15, -0.1) is 0 Å². The van der Waals surface area contributed by atoms with Crippen LogP contribution in [0, 0.1) is 17.0 Å². The summed E-state index contributed by atoms with van der Waals surface area (Å²) >= 11 is 0. The van der Waals surface area contributed by atoms with Crippen molar-refractivity contribution in [2.24, 2.45) is 7.05 Å². The van der Waals surface area contributed by atoms with Crippen LogP contribution in [0.4, 0.5) is 17.5 Å². The highest BCUT2D eigenvalue weighted by molar-refractivity contribution is 5.60. The smallest absolute Gasteiger partial charge is 0.332 e. The quantitative estimate of drug-likeness (QED) is 0.606. The first kappa shape index (κ1) is 14.7. The Bertz CT molecular complexity index is 653. The molecule has 0 spiro atoms. The van der Waals surface area contributed by atoms with Crippen molar-refractivity contribution in [3.05, 3.63) is 33.8 Å². The third-order valence-corrected chi connectivity index (χ3v) is 3.06. The summed E-state index contributed by atoms with van der Waals surface area (Å²) in [5.74, 6) is 0.570. The van der Waals surface area contributed by atoms with Crippen molar-refractivity contribution >= 4 is 17.5 Å². The highest BCUT2D eigenvalue weighted by Gasteiger charge is 2.21. The molecule has 9 heteroatoms. The maximum atomic E-state index is 11.1. The Morgan fingerprint density at radius 2 is 2.19 bits per heavy atom. The fourth-order valence-corrected chi connectivity index (χ4v) is 1.98. The Kier molecular flexibility index (Phi) is 4.31. The molecule has 0 aliphatic heterocycles. The lowest BCUT2D eigenvalue weighted by atomic mass is 10.3. The first-order valence-corrected chi connectivity index (χ1v) is 6.44. The van der Waals surface area contributed by atoms with Gasteiger partial charge in [0.05, 0.1) is 4.92 Å². The number of nitro groups is 1. The van der Waals surface area contributed by atoms with E-state index in [-0.39, 0.29) is 11.5 Å². The number of aromatic nitrogens is 4. The van der Waals surface area contributed by atoms with Crippen molar-refractivity contribution in [2.45, 2.75) is 13.3 Å². The van der Waals surface area contributed by atoms with Crippen molar-refractivity contribution in [1.29, 1.82) is 0 Å². The lowest BCUT2D eigenvalue weighted by Gasteiger charge is -2.09. The molecule has 112 valence electrons. The topological polar surface area (TPSA) is 111 Å². The van der Waals surface area contributed by atoms with Gasteiger partial charge in [-0.1, -0.05) is 0 Å². The van der Waals surface area contributed by atoms with E-state index in [1.54, 1.807) is 24.9 Å². The van der Waals surface area contributed by atoms with E-state index in [1.165, 1.54) is 0 Å². The van der Waals surface area contributed by atoms with E-state index in [4.69, 9.17) is 0 Å². The monoisotopic (exact) mass is 291 g/mol. The lowest BCUT2D eigenvalue weighted by Crippen LogP contribution is -2.13. The first-order chi connectivity index (χ1) is 10.0. The Morgan fingerprint density at radius 3 is 2.76 bits per heavy atom. The van der Waals surface area contributed by atoms with Crippen LogP contribution in [0.15, 0.2) is 12.3 Å². The van der Waals surface area contributed by atoms with Gasteiger partial charge in [0.1, 0.15) is 5.69 Å². The summed E-state index contributed by atoms with van der Waals surface area (Å²) in [4.78, 5) is 18.8. The molecule has 0 aliphatic rings. The summed E-state index contributed by atoms with van der Waals surface area (Å²) in [6.45, 7) is 2.10. The van der Waals surface area contributed by atoms with Crippen molar-refractivity contribution in [3.63, 3.8) is 0 Å². The normalized spacial score (nSPS) is 10.4. The fraction of sp³-hybridized carbons (Fsp3) is 0.417. The van der Waals surface area contributed by atoms with E-state index in [9.17, 15) is 10.1 Å². The molecule has 0 bridgehead atoms. The Hall–Kier alpha value is -2.71. The first-order valence-electron chi connectivity index (χ1n) is 6.44. The largest absolute Gasteiger partial charge is 0.364 e. The summed E-state index contributed by atoms with van der Waals surface area (Å²) < 4.78 is 1.76. The van der Waals surface area contributed by atoms with Crippen molar-refractivity contribution in [3.8, 4) is 0 Å². The van der Waals surface area contributed by atoms with Crippen LogP contribution in [0.2, 0.25) is 0 Å². The number of hydrogen-bond donors (Lipinski definition) is 2. The summed E-state index contributed by atoms with van der Waals surface area (Å²) in [7, 11) is 3.52. The minimum Gasteiger partial charge on any atom is -0.364 e. The van der Waals surface area contributed by atoms with E-state index in [1.807, 2.05) is 13.1 Å². The van der Waals surface area contributed by atoms with Crippen molar-refractivity contribution in [1.82, 2.24) is 19.7 Å². The molecule has 2 heterocycles. The molecule has 2 aromatic heterocycles. The van der Waals surface area contributed by atoms with Gasteiger partial charge < -0.3 is 10.6 Å². The second-order valence-corrected chi connectivity index (χ2v) is 4.46. The van der Waals surface area contributed by atoms with Crippen LogP contribution in [0.25, 0.3) is 0 Å². The molecule has 2 N–H and O–H groups in total. The maximum Gasteiger partial charge on any atom is 0.332 e. The molecule has 0 saturated heterocycles. The van der Waals surface area contributed by atoms with Gasteiger partial charge in [0.25, 0.3) is 0 Å². The minimum atomic E-state index is -0.471. The number of aryl methyl sites for hydroxylation is 2. The van der Waals surface area contributed by atoms with Gasteiger partial charge in [-0.25, -0.2) is 4.98 Å². The zero-order valence-electron chi connectivity index (χ0n) is 12.1. The molecule has 0 amide bonds. The lowest BCUT2D eigenvalue weighted by molar-refractivity contribution is -0.385. The standard InChI is InChI=1S/C12H17N7O2/c1-8-10(19(20)21)11(17-12(13-2)16-8)14-6-4-9-5-7-15-18(9)3/h5,7H,4,6H2,1-3H3,(H2,13,14,16,17). The average Bonchev–Trinajstić information content (AvgIpc) is 2.83. The average molecular weight is 291 g/mol. The molecular weight excluding hydrogens is 274 g/mol. The molecule has 0 radical (unpaired) electrons. The Balaban J connectivity index is 2.16. The number of rotatable bonds is 6. The summed E-state index contributed by atoms with van der Waals surface area (Å²) in [5.41, 5.74) is 1.26. The van der Waals surface area contributed by atoms with Crippen LogP contribution < -0.4 is 10.6 Å². The van der Waals surface area contributed by atoms with Crippen LogP contribution in [-0.4, -0.2) is 38.3 Å². The SMILES string of the molecule is CNc1nc(C)c([N+](=O)[O-])c(NCCc2ccnn2C)n1. The molecule has 0 fully saturated rings. The molecule has 0 aromatic carbocycles. The third-order valence-electron chi connectivity index (χ3n) is 3.06. The summed E-state index contributed by atoms with van der Waals surface area (Å²) in [5, 5.41) is 21.0. The molecule has 0 atom stereocenters. The fourth-order valence-electron chi connectivity index (χ4n) is 1.98. The zero-order valence-corrected chi connectivity index (χ0v) is 12.1. The van der Waals surface area contributed by atoms with Gasteiger partial charge in [0.15, 0.2) is 0 Å². The Morgan fingerprint density at radius 1 is 1.43 bits per heavy atom. The highest BCUT2D eigenvalue weighted by atomic mass is 16.6. The van der Waals surface area contributed by atoms with Crippen molar-refractivity contribution in [2.75, 3.05) is 24.2 Å². The second-order valence-electron chi connectivity index (χ2n) is 4.46. The number of nitrogens with zero attached hydrogens (tertiary/aromatic N) is 5. The van der Waals surface area contributed by atoms with Crippen LogP contribution in [0.5, 0.6) is 0 Å². The van der Waals surface area contributed by atoms with E-state index in [2.05, 4.69) is 25.7 Å². The van der Waals surface area contributed by atoms with Gasteiger partial charge in [0.2, 0.25) is 11.8 Å². The highest BCUT2D eigenvalue weighted by Crippen LogP contribution is 2.26. The number of nitrogens with one attached hydrogen (secondary N) is 2. The second kappa shape index (κ2) is 6.16. The predicted molar refractivity (Wildman–Crippen MR) is 78.4 cm³/mol. The van der Waals surface area contributed by atoms with Gasteiger partial charge in [-0.3, -0.25) is 14.8 Å². The van der Waals surface area contributed by atoms with Crippen LogP contribution in [0.3, 0.4) is 0 Å². The van der Waals surface area contributed by atoms with Crippen LogP contribution in [-0.2, 0) is 13.5 Å². The maximum absolute atomic E-state index is 11.1. The zero-order chi connectivity index (χ0) is 15.4. The number of hydrogen-bond acceptors (Lipinski definition) is 7. The van der Waals surface area contributed by atoms with Crippen molar-refractivity contribution < 1.29 is 4.92 Å². The van der Waals surface area contributed by atoms with E-state index >= 15 is 0 Å². The number of anilines is 2. The molecular formula is C12H17N7O2. The van der Waals surface area contributed by atoms with E-state index in [0.717, 1.165) is 5.69 Å². The molecule has 9 nitrogen and oxygen atoms in total. The van der Waals surface area contributed by atoms with E-state index < -0.39 is 4.92 Å². The van der Waals surface area contributed by atoms with E-state index in [0.29, 0.717) is 24.6 Å². The third kappa shape index (κ3) is 3.25. The van der Waals surface area contributed by atoms with Gasteiger partial charge in [-0.05, 0) is 13.0 Å². The van der Waals surface area contributed by atoms with Crippen LogP contribution >= 0.6 is 0 Å². The van der Waals surface area contributed by atoms with Gasteiger partial charge in [0, 0.05) is 39.0 Å².